The van der Waals surface area contributed by atoms with Crippen LogP contribution in [0.2, 0.25) is 0 Å². The van der Waals surface area contributed by atoms with Crippen molar-refractivity contribution < 1.29 is 0 Å². The van der Waals surface area contributed by atoms with E-state index < -0.39 is 0 Å². The van der Waals surface area contributed by atoms with Crippen LogP contribution in [0.5, 0.6) is 0 Å². The lowest BCUT2D eigenvalue weighted by Gasteiger charge is -2.45. The highest BCUT2D eigenvalue weighted by molar-refractivity contribution is 5.20. The first-order chi connectivity index (χ1) is 8.81. The van der Waals surface area contributed by atoms with Crippen LogP contribution in [0, 0.1) is 5.92 Å². The molecule has 0 amide bonds. The minimum absolute atomic E-state index is 0.0528. The van der Waals surface area contributed by atoms with Gasteiger partial charge in [0.05, 0.1) is 0 Å². The van der Waals surface area contributed by atoms with E-state index in [1.54, 1.807) is 0 Å². The number of hydrogen-bond donors (Lipinski definition) is 1. The van der Waals surface area contributed by atoms with E-state index in [0.717, 1.165) is 6.42 Å². The first-order valence-corrected chi connectivity index (χ1v) is 7.34. The van der Waals surface area contributed by atoms with E-state index in [0.29, 0.717) is 12.0 Å². The number of hydrogen-bond acceptors (Lipinski definition) is 2. The topological polar surface area (TPSA) is 29.3 Å². The highest BCUT2D eigenvalue weighted by Crippen LogP contribution is 2.30. The van der Waals surface area contributed by atoms with Gasteiger partial charge in [-0.1, -0.05) is 51.1 Å². The molecule has 0 aliphatic rings. The Morgan fingerprint density at radius 3 is 2.11 bits per heavy atom. The van der Waals surface area contributed by atoms with Crippen LogP contribution < -0.4 is 5.73 Å². The van der Waals surface area contributed by atoms with E-state index in [-0.39, 0.29) is 11.6 Å². The largest absolute Gasteiger partial charge is 0.323 e. The Bertz CT molecular complexity index is 370. The van der Waals surface area contributed by atoms with Crippen LogP contribution in [-0.4, -0.2) is 23.5 Å². The van der Waals surface area contributed by atoms with Gasteiger partial charge in [-0.2, -0.15) is 0 Å². The molecule has 0 saturated heterocycles. The molecule has 1 aromatic rings. The van der Waals surface area contributed by atoms with Gasteiger partial charge in [0, 0.05) is 17.6 Å². The highest BCUT2D eigenvalue weighted by Gasteiger charge is 2.34. The van der Waals surface area contributed by atoms with E-state index in [4.69, 9.17) is 5.73 Å². The van der Waals surface area contributed by atoms with Gasteiger partial charge >= 0.3 is 0 Å². The zero-order valence-electron chi connectivity index (χ0n) is 13.4. The van der Waals surface area contributed by atoms with Gasteiger partial charge in [-0.3, -0.25) is 4.90 Å². The van der Waals surface area contributed by atoms with Gasteiger partial charge in [0.25, 0.3) is 0 Å². The second-order valence-corrected chi connectivity index (χ2v) is 6.45. The summed E-state index contributed by atoms with van der Waals surface area (Å²) in [6, 6.07) is 10.8. The summed E-state index contributed by atoms with van der Waals surface area (Å²) in [5.41, 5.74) is 7.94. The van der Waals surface area contributed by atoms with Crippen LogP contribution in [0.4, 0.5) is 0 Å². The van der Waals surface area contributed by atoms with Crippen molar-refractivity contribution in [2.45, 2.75) is 58.7 Å². The Labute approximate surface area is 119 Å². The summed E-state index contributed by atoms with van der Waals surface area (Å²) >= 11 is 0. The van der Waals surface area contributed by atoms with Crippen LogP contribution in [0.25, 0.3) is 0 Å². The molecule has 0 aromatic heterocycles. The molecule has 0 heterocycles. The molecule has 108 valence electrons. The second kappa shape index (κ2) is 6.53. The third kappa shape index (κ3) is 3.80. The summed E-state index contributed by atoms with van der Waals surface area (Å²) < 4.78 is 0. The molecule has 0 bridgehead atoms. The maximum absolute atomic E-state index is 6.55. The highest BCUT2D eigenvalue weighted by atomic mass is 15.2. The Hall–Kier alpha value is -0.860. The summed E-state index contributed by atoms with van der Waals surface area (Å²) in [6.45, 7) is 11.3. The Balaban J connectivity index is 3.02. The first kappa shape index (κ1) is 16.2. The molecule has 2 heteroatoms. The van der Waals surface area contributed by atoms with Gasteiger partial charge in [-0.25, -0.2) is 0 Å². The van der Waals surface area contributed by atoms with Crippen molar-refractivity contribution >= 4 is 0 Å². The van der Waals surface area contributed by atoms with Crippen molar-refractivity contribution in [3.63, 3.8) is 0 Å². The van der Waals surface area contributed by atoms with Crippen molar-refractivity contribution in [2.24, 2.45) is 11.7 Å². The molecule has 2 atom stereocenters. The van der Waals surface area contributed by atoms with Crippen molar-refractivity contribution in [1.82, 2.24) is 4.90 Å². The van der Waals surface area contributed by atoms with Crippen molar-refractivity contribution in [3.05, 3.63) is 35.9 Å². The molecule has 0 saturated carbocycles. The maximum atomic E-state index is 6.55. The van der Waals surface area contributed by atoms with Crippen LogP contribution in [0.15, 0.2) is 30.3 Å². The minimum Gasteiger partial charge on any atom is -0.323 e. The summed E-state index contributed by atoms with van der Waals surface area (Å²) in [7, 11) is 2.21. The monoisotopic (exact) mass is 262 g/mol. The molecule has 0 spiro atoms. The average molecular weight is 262 g/mol. The maximum Gasteiger partial charge on any atom is 0.0455 e. The molecule has 2 nitrogen and oxygen atoms in total. The molecular formula is C17H30N2. The molecule has 1 aromatic carbocycles. The SMILES string of the molecule is CCC(C)(C)N(C)C(C(C)C)C(N)c1ccccc1. The molecule has 2 unspecified atom stereocenters. The zero-order chi connectivity index (χ0) is 14.6. The van der Waals surface area contributed by atoms with E-state index in [2.05, 4.69) is 70.8 Å². The smallest absolute Gasteiger partial charge is 0.0455 e. The summed E-state index contributed by atoms with van der Waals surface area (Å²) in [5.74, 6) is 0.519. The molecule has 19 heavy (non-hydrogen) atoms. The lowest BCUT2D eigenvalue weighted by Crippen LogP contribution is -2.53. The quantitative estimate of drug-likeness (QED) is 0.844. The fourth-order valence-corrected chi connectivity index (χ4v) is 2.63. The van der Waals surface area contributed by atoms with Gasteiger partial charge < -0.3 is 5.73 Å². The third-order valence-corrected chi connectivity index (χ3v) is 4.50. The lowest BCUT2D eigenvalue weighted by atomic mass is 9.86. The first-order valence-electron chi connectivity index (χ1n) is 7.34. The number of nitrogens with two attached hydrogens (primary N) is 1. The molecular weight excluding hydrogens is 232 g/mol. The molecule has 0 aliphatic carbocycles. The number of likely N-dealkylation sites (N-methyl/N-ethyl adjacent to an activating group) is 1. The van der Waals surface area contributed by atoms with E-state index in [9.17, 15) is 0 Å². The number of benzene rings is 1. The van der Waals surface area contributed by atoms with Gasteiger partial charge in [-0.05, 0) is 38.8 Å². The van der Waals surface area contributed by atoms with E-state index in [1.807, 2.05) is 6.07 Å². The lowest BCUT2D eigenvalue weighted by molar-refractivity contribution is 0.0558. The molecule has 0 fully saturated rings. The van der Waals surface area contributed by atoms with Gasteiger partial charge in [-0.15, -0.1) is 0 Å². The van der Waals surface area contributed by atoms with E-state index >= 15 is 0 Å². The van der Waals surface area contributed by atoms with E-state index in [1.165, 1.54) is 5.56 Å². The van der Waals surface area contributed by atoms with Crippen LogP contribution >= 0.6 is 0 Å². The second-order valence-electron chi connectivity index (χ2n) is 6.45. The predicted octanol–water partition coefficient (Wildman–Crippen LogP) is 3.83. The summed E-state index contributed by atoms with van der Waals surface area (Å²) in [4.78, 5) is 2.45. The van der Waals surface area contributed by atoms with Gasteiger partial charge in [0.2, 0.25) is 0 Å². The zero-order valence-corrected chi connectivity index (χ0v) is 13.4. The average Bonchev–Trinajstić information content (AvgIpc) is 2.39. The van der Waals surface area contributed by atoms with Crippen LogP contribution in [0.1, 0.15) is 52.6 Å². The summed E-state index contributed by atoms with van der Waals surface area (Å²) in [5, 5.41) is 0. The van der Waals surface area contributed by atoms with Gasteiger partial charge in [0.15, 0.2) is 0 Å². The van der Waals surface area contributed by atoms with Crippen LogP contribution in [-0.2, 0) is 0 Å². The molecule has 2 N–H and O–H groups in total. The van der Waals surface area contributed by atoms with Crippen molar-refractivity contribution in [1.29, 1.82) is 0 Å². The third-order valence-electron chi connectivity index (χ3n) is 4.50. The van der Waals surface area contributed by atoms with Crippen molar-refractivity contribution in [3.8, 4) is 0 Å². The predicted molar refractivity (Wildman–Crippen MR) is 84.1 cm³/mol. The van der Waals surface area contributed by atoms with Crippen molar-refractivity contribution in [2.75, 3.05) is 7.05 Å². The van der Waals surface area contributed by atoms with Gasteiger partial charge in [0.1, 0.15) is 0 Å². The molecule has 1 rings (SSSR count). The fourth-order valence-electron chi connectivity index (χ4n) is 2.63. The Kier molecular flexibility index (Phi) is 5.57. The number of nitrogens with zero attached hydrogens (tertiary/aromatic N) is 1. The minimum atomic E-state index is 0.0528. The fraction of sp³-hybridized carbons (Fsp3) is 0.647. The van der Waals surface area contributed by atoms with Crippen LogP contribution in [0.3, 0.4) is 0 Å². The summed E-state index contributed by atoms with van der Waals surface area (Å²) in [6.07, 6.45) is 1.12. The molecule has 0 radical (unpaired) electrons. The standard InChI is InChI=1S/C17H30N2/c1-7-17(4,5)19(6)16(13(2)3)15(18)14-11-9-8-10-12-14/h8-13,15-16H,7,18H2,1-6H3. The molecule has 0 aliphatic heterocycles. The Morgan fingerprint density at radius 2 is 1.68 bits per heavy atom. The number of rotatable bonds is 6. The Morgan fingerprint density at radius 1 is 1.16 bits per heavy atom. The normalized spacial score (nSPS) is 15.8.